The van der Waals surface area contributed by atoms with Gasteiger partial charge in [-0.3, -0.25) is 34.3 Å². The molecule has 0 aliphatic carbocycles. The number of fused-ring (bicyclic) bond motifs is 3. The van der Waals surface area contributed by atoms with E-state index in [1.165, 1.54) is 0 Å². The van der Waals surface area contributed by atoms with Crippen molar-refractivity contribution in [3.05, 3.63) is 83.9 Å². The largest absolute Gasteiger partial charge is 0.507 e. The lowest BCUT2D eigenvalue weighted by molar-refractivity contribution is -0.136. The standard InChI is InChI=1S/C47H52N10O8/c48-43-38(26-36(50-51-43)34-7-1-2-9-39(34)58)55-27-30-11-12-31(28-55)56(30)29-5-3-6-33(25-29)64-24-23-52-19-21-54(22-20-52)47(63)53-17-15-32(16-18-53)65-40-10-4-8-35-42(40)46(62)57(45(35)61)37-13-14-41(59)49-44(37)60/h1-10,25-26,30-32,37,58H,11-24,27-28H2,(H2,48,51)(H,49,59,60). The minimum atomic E-state index is -1.05. The van der Waals surface area contributed by atoms with Crippen LogP contribution in [0.5, 0.6) is 17.2 Å². The van der Waals surface area contributed by atoms with Gasteiger partial charge >= 0.3 is 6.03 Å². The third-order valence-electron chi connectivity index (χ3n) is 13.7. The molecule has 6 amide bonds. The maximum Gasteiger partial charge on any atom is 0.320 e. The number of nitrogens with zero attached hydrogens (tertiary/aromatic N) is 8. The number of phenols is 1. The molecule has 6 aliphatic heterocycles. The fourth-order valence-corrected chi connectivity index (χ4v) is 10.3. The monoisotopic (exact) mass is 884 g/mol. The molecule has 338 valence electrons. The van der Waals surface area contributed by atoms with Gasteiger partial charge in [0.15, 0.2) is 5.82 Å². The van der Waals surface area contributed by atoms with Crippen LogP contribution in [0, 0.1) is 0 Å². The first kappa shape index (κ1) is 42.0. The Hall–Kier alpha value is -6.95. The molecular weight excluding hydrogens is 833 g/mol. The first-order valence-electron chi connectivity index (χ1n) is 22.5. The van der Waals surface area contributed by atoms with Crippen LogP contribution in [0.25, 0.3) is 11.3 Å². The summed E-state index contributed by atoms with van der Waals surface area (Å²) < 4.78 is 12.6. The molecule has 0 spiro atoms. The maximum atomic E-state index is 13.6. The topological polar surface area (TPSA) is 207 Å². The number of likely N-dealkylation sites (tertiary alicyclic amines) is 1. The van der Waals surface area contributed by atoms with Gasteiger partial charge < -0.3 is 39.9 Å². The van der Waals surface area contributed by atoms with Crippen molar-refractivity contribution in [3.8, 4) is 28.5 Å². The van der Waals surface area contributed by atoms with Crippen molar-refractivity contribution in [2.24, 2.45) is 0 Å². The Morgan fingerprint density at radius 2 is 1.51 bits per heavy atom. The van der Waals surface area contributed by atoms with Crippen LogP contribution in [0.15, 0.2) is 72.8 Å². The number of nitrogens with one attached hydrogen (secondary N) is 1. The highest BCUT2D eigenvalue weighted by Gasteiger charge is 2.46. The Balaban J connectivity index is 0.671. The normalized spacial score (nSPS) is 22.6. The first-order chi connectivity index (χ1) is 31.6. The Bertz CT molecular complexity index is 2510. The van der Waals surface area contributed by atoms with Crippen LogP contribution < -0.4 is 30.3 Å². The number of piperidine rings is 2. The number of carbonyl (C=O) groups is 5. The summed E-state index contributed by atoms with van der Waals surface area (Å²) in [5.74, 6) is -0.636. The molecule has 3 unspecified atom stereocenters. The number of urea groups is 1. The molecule has 3 atom stereocenters. The van der Waals surface area contributed by atoms with E-state index in [2.05, 4.69) is 48.4 Å². The number of aromatic hydroxyl groups is 1. The van der Waals surface area contributed by atoms with Crippen molar-refractivity contribution in [3.63, 3.8) is 0 Å². The maximum absolute atomic E-state index is 13.6. The summed E-state index contributed by atoms with van der Waals surface area (Å²) in [6.45, 7) is 6.57. The number of hydrogen-bond acceptors (Lipinski definition) is 14. The van der Waals surface area contributed by atoms with Gasteiger partial charge in [0.25, 0.3) is 11.8 Å². The fourth-order valence-electron chi connectivity index (χ4n) is 10.3. The number of hydrogen-bond donors (Lipinski definition) is 3. The second-order valence-electron chi connectivity index (χ2n) is 17.6. The van der Waals surface area contributed by atoms with Gasteiger partial charge in [-0.25, -0.2) is 4.79 Å². The zero-order chi connectivity index (χ0) is 44.8. The minimum Gasteiger partial charge on any atom is -0.507 e. The summed E-state index contributed by atoms with van der Waals surface area (Å²) >= 11 is 0. The Morgan fingerprint density at radius 3 is 2.26 bits per heavy atom. The molecule has 65 heavy (non-hydrogen) atoms. The van der Waals surface area contributed by atoms with Gasteiger partial charge in [0, 0.05) is 108 Å². The summed E-state index contributed by atoms with van der Waals surface area (Å²) in [4.78, 5) is 76.4. The van der Waals surface area contributed by atoms with E-state index in [0.29, 0.717) is 74.8 Å². The van der Waals surface area contributed by atoms with E-state index in [0.717, 1.165) is 67.6 Å². The molecule has 6 aliphatic rings. The first-order valence-corrected chi connectivity index (χ1v) is 22.5. The SMILES string of the molecule is Nc1nnc(-c2ccccc2O)cc1N1CC2CCC(C1)N2c1cccc(OCCN2CCN(C(=O)N3CCC(Oc4cccc5c4C(=O)N(C4CCC(=O)NC4=O)C5=O)CC3)CC2)c1. The number of nitrogen functional groups attached to an aromatic ring is 1. The van der Waals surface area contributed by atoms with Crippen LogP contribution >= 0.6 is 0 Å². The summed E-state index contributed by atoms with van der Waals surface area (Å²) in [7, 11) is 0. The lowest BCUT2D eigenvalue weighted by Crippen LogP contribution is -2.55. The number of amides is 6. The van der Waals surface area contributed by atoms with Gasteiger partial charge in [0.2, 0.25) is 11.8 Å². The van der Waals surface area contributed by atoms with Crippen LogP contribution in [-0.2, 0) is 9.59 Å². The van der Waals surface area contributed by atoms with Gasteiger partial charge in [-0.15, -0.1) is 10.2 Å². The Morgan fingerprint density at radius 1 is 0.785 bits per heavy atom. The second-order valence-corrected chi connectivity index (χ2v) is 17.6. The van der Waals surface area contributed by atoms with Crippen molar-refractivity contribution < 1.29 is 38.6 Å². The van der Waals surface area contributed by atoms with Gasteiger partial charge in [0.05, 0.1) is 22.5 Å². The third kappa shape index (κ3) is 8.22. The molecular formula is C47H52N10O8. The van der Waals surface area contributed by atoms with Crippen molar-refractivity contribution in [2.75, 3.05) is 81.0 Å². The molecule has 1 aromatic heterocycles. The van der Waals surface area contributed by atoms with Gasteiger partial charge in [-0.2, -0.15) is 0 Å². The zero-order valence-electron chi connectivity index (χ0n) is 36.0. The molecule has 4 aromatic rings. The summed E-state index contributed by atoms with van der Waals surface area (Å²) in [6, 6.07) is 21.8. The van der Waals surface area contributed by atoms with Crippen LogP contribution in [0.4, 0.5) is 22.0 Å². The lowest BCUT2D eigenvalue weighted by atomic mass is 10.0. The number of ether oxygens (including phenoxy) is 2. The number of carbonyl (C=O) groups excluding carboxylic acids is 5. The van der Waals surface area contributed by atoms with E-state index >= 15 is 0 Å². The average Bonchev–Trinajstić information content (AvgIpc) is 3.73. The summed E-state index contributed by atoms with van der Waals surface area (Å²) in [6.07, 6.45) is 3.11. The number of aromatic nitrogens is 2. The van der Waals surface area contributed by atoms with Crippen molar-refractivity contribution in [2.45, 2.75) is 62.8 Å². The molecule has 7 heterocycles. The highest BCUT2D eigenvalue weighted by atomic mass is 16.5. The molecule has 5 saturated heterocycles. The number of rotatable bonds is 10. The molecule has 18 nitrogen and oxygen atoms in total. The second kappa shape index (κ2) is 17.6. The molecule has 4 N–H and O–H groups in total. The molecule has 0 saturated carbocycles. The quantitative estimate of drug-likeness (QED) is 0.196. The Kier molecular flexibility index (Phi) is 11.3. The molecule has 0 radical (unpaired) electrons. The van der Waals surface area contributed by atoms with Crippen LogP contribution in [0.1, 0.15) is 59.2 Å². The highest BCUT2D eigenvalue weighted by molar-refractivity contribution is 6.24. The van der Waals surface area contributed by atoms with E-state index in [4.69, 9.17) is 15.2 Å². The van der Waals surface area contributed by atoms with E-state index in [-0.39, 0.29) is 47.6 Å². The smallest absolute Gasteiger partial charge is 0.320 e. The summed E-state index contributed by atoms with van der Waals surface area (Å²) in [5.41, 5.74) is 9.85. The summed E-state index contributed by atoms with van der Waals surface area (Å²) in [5, 5.41) is 21.2. The number of para-hydroxylation sites is 1. The number of phenolic OH excluding ortho intramolecular Hbond substituents is 1. The van der Waals surface area contributed by atoms with E-state index in [1.54, 1.807) is 30.3 Å². The predicted octanol–water partition coefficient (Wildman–Crippen LogP) is 3.35. The van der Waals surface area contributed by atoms with Crippen molar-refractivity contribution in [1.82, 2.24) is 35.1 Å². The molecule has 10 rings (SSSR count). The predicted molar refractivity (Wildman–Crippen MR) is 239 cm³/mol. The lowest BCUT2D eigenvalue weighted by Gasteiger charge is -2.43. The Labute approximate surface area is 375 Å². The van der Waals surface area contributed by atoms with E-state index in [1.807, 2.05) is 34.1 Å². The van der Waals surface area contributed by atoms with E-state index < -0.39 is 29.7 Å². The molecule has 2 bridgehead atoms. The fraction of sp³-hybridized carbons (Fsp3) is 0.426. The van der Waals surface area contributed by atoms with Crippen molar-refractivity contribution >= 4 is 46.9 Å². The molecule has 18 heteroatoms. The van der Waals surface area contributed by atoms with Crippen LogP contribution in [0.3, 0.4) is 0 Å². The van der Waals surface area contributed by atoms with Crippen LogP contribution in [-0.4, -0.2) is 154 Å². The van der Waals surface area contributed by atoms with Gasteiger partial charge in [-0.05, 0) is 61.7 Å². The number of anilines is 3. The van der Waals surface area contributed by atoms with Gasteiger partial charge in [-0.1, -0.05) is 24.3 Å². The highest BCUT2D eigenvalue weighted by Crippen LogP contribution is 2.40. The zero-order valence-corrected chi connectivity index (χ0v) is 36.0. The third-order valence-corrected chi connectivity index (χ3v) is 13.7. The minimum absolute atomic E-state index is 0.00496. The number of nitrogens with two attached hydrogens (primary N) is 1. The average molecular weight is 885 g/mol. The van der Waals surface area contributed by atoms with Gasteiger partial charge in [0.1, 0.15) is 36.0 Å². The van der Waals surface area contributed by atoms with Crippen LogP contribution in [0.2, 0.25) is 0 Å². The van der Waals surface area contributed by atoms with E-state index in [9.17, 15) is 29.1 Å². The number of benzene rings is 3. The number of imide groups is 2. The molecule has 3 aromatic carbocycles. The number of piperazine rings is 2. The van der Waals surface area contributed by atoms with Crippen molar-refractivity contribution in [1.29, 1.82) is 0 Å². The molecule has 5 fully saturated rings.